The Balaban J connectivity index is 1.66. The Morgan fingerprint density at radius 1 is 1.39 bits per heavy atom. The Morgan fingerprint density at radius 3 is 2.89 bits per heavy atom. The lowest BCUT2D eigenvalue weighted by atomic mass is 9.98. The van der Waals surface area contributed by atoms with Crippen LogP contribution >= 0.6 is 0 Å². The van der Waals surface area contributed by atoms with Crippen molar-refractivity contribution in [3.05, 3.63) is 12.7 Å². The number of ether oxygens (including phenoxy) is 1. The fraction of sp³-hybridized carbons (Fsp3) is 0.600. The van der Waals surface area contributed by atoms with E-state index in [0.717, 1.165) is 0 Å². The molecule has 154 valence electrons. The maximum Gasteiger partial charge on any atom is 0.237 e. The first kappa shape index (κ1) is 20.3. The van der Waals surface area contributed by atoms with Gasteiger partial charge in [-0.3, -0.25) is 4.79 Å². The van der Waals surface area contributed by atoms with E-state index in [1.54, 1.807) is 0 Å². The van der Waals surface area contributed by atoms with E-state index < -0.39 is 49.3 Å². The zero-order valence-corrected chi connectivity index (χ0v) is 14.8. The Hall–Kier alpha value is -2.42. The van der Waals surface area contributed by atoms with E-state index in [2.05, 4.69) is 30.6 Å². The molecule has 9 N–H and O–H groups in total. The second-order valence-corrected chi connectivity index (χ2v) is 6.49. The third kappa shape index (κ3) is 4.52. The lowest BCUT2D eigenvalue weighted by molar-refractivity contribution is -0.144. The molecular weight excluding hydrogens is 374 g/mol. The predicted molar refractivity (Wildman–Crippen MR) is 94.4 cm³/mol. The van der Waals surface area contributed by atoms with Gasteiger partial charge in [-0.1, -0.05) is 0 Å². The topological polar surface area (TPSA) is 212 Å². The third-order valence-corrected chi connectivity index (χ3v) is 4.43. The second kappa shape index (κ2) is 8.72. The quantitative estimate of drug-likeness (QED) is 0.217. The highest BCUT2D eigenvalue weighted by atomic mass is 16.5. The molecule has 1 aliphatic rings. The molecule has 5 atom stereocenters. The van der Waals surface area contributed by atoms with Crippen LogP contribution < -0.4 is 16.4 Å². The first-order valence-electron chi connectivity index (χ1n) is 8.66. The molecule has 13 heteroatoms. The number of hydrogen-bond acceptors (Lipinski definition) is 11. The smallest absolute Gasteiger partial charge is 0.237 e. The summed E-state index contributed by atoms with van der Waals surface area (Å²) in [5.41, 5.74) is 6.56. The number of amides is 1. The number of aromatic amines is 1. The molecule has 2 aromatic heterocycles. The summed E-state index contributed by atoms with van der Waals surface area (Å²) in [5.74, 6) is -0.279. The van der Waals surface area contributed by atoms with Gasteiger partial charge >= 0.3 is 0 Å². The first-order chi connectivity index (χ1) is 13.4. The van der Waals surface area contributed by atoms with Crippen LogP contribution in [-0.4, -0.2) is 89.7 Å². The van der Waals surface area contributed by atoms with Crippen LogP contribution in [0, 0.1) is 0 Å². The van der Waals surface area contributed by atoms with Gasteiger partial charge in [0, 0.05) is 12.8 Å². The minimum atomic E-state index is -1.72. The molecule has 0 radical (unpaired) electrons. The molecule has 0 aromatic carbocycles. The van der Waals surface area contributed by atoms with Crippen molar-refractivity contribution in [1.82, 2.24) is 25.3 Å². The number of nitrogens with zero attached hydrogens (tertiary/aromatic N) is 3. The van der Waals surface area contributed by atoms with Gasteiger partial charge in [0.2, 0.25) is 5.91 Å². The number of imidazole rings is 1. The Morgan fingerprint density at radius 2 is 2.18 bits per heavy atom. The molecule has 0 bridgehead atoms. The maximum atomic E-state index is 12.1. The van der Waals surface area contributed by atoms with Gasteiger partial charge in [0.15, 0.2) is 24.0 Å². The fourth-order valence-electron chi connectivity index (χ4n) is 2.99. The first-order valence-corrected chi connectivity index (χ1v) is 8.66. The van der Waals surface area contributed by atoms with Crippen molar-refractivity contribution in [2.75, 3.05) is 11.9 Å². The molecule has 1 amide bonds. The van der Waals surface area contributed by atoms with Crippen LogP contribution in [0.25, 0.3) is 11.2 Å². The van der Waals surface area contributed by atoms with Gasteiger partial charge in [-0.05, 0) is 0 Å². The van der Waals surface area contributed by atoms with Gasteiger partial charge in [-0.25, -0.2) is 15.0 Å². The zero-order valence-electron chi connectivity index (χ0n) is 14.8. The van der Waals surface area contributed by atoms with E-state index in [1.807, 2.05) is 0 Å². The van der Waals surface area contributed by atoms with Gasteiger partial charge < -0.3 is 46.5 Å². The van der Waals surface area contributed by atoms with E-state index in [4.69, 9.17) is 20.7 Å². The number of aliphatic hydroxyl groups excluding tert-OH is 3. The van der Waals surface area contributed by atoms with Crippen molar-refractivity contribution < 1.29 is 30.0 Å². The van der Waals surface area contributed by atoms with E-state index in [1.165, 1.54) is 12.7 Å². The lowest BCUT2D eigenvalue weighted by Crippen LogP contribution is -2.59. The van der Waals surface area contributed by atoms with Gasteiger partial charge in [0.1, 0.15) is 24.1 Å². The summed E-state index contributed by atoms with van der Waals surface area (Å²) in [6, 6.07) is -1.87. The van der Waals surface area contributed by atoms with Crippen molar-refractivity contribution in [2.45, 2.75) is 49.7 Å². The number of hydrogen-bond donors (Lipinski definition) is 8. The summed E-state index contributed by atoms with van der Waals surface area (Å²) >= 11 is 0. The third-order valence-electron chi connectivity index (χ3n) is 4.43. The van der Waals surface area contributed by atoms with Gasteiger partial charge in [0.05, 0.1) is 25.0 Å². The van der Waals surface area contributed by atoms with Crippen LogP contribution in [0.3, 0.4) is 0 Å². The van der Waals surface area contributed by atoms with Crippen molar-refractivity contribution >= 4 is 22.9 Å². The monoisotopic (exact) mass is 397 g/mol. The normalized spacial score (nSPS) is 26.4. The zero-order chi connectivity index (χ0) is 20.3. The molecule has 1 saturated heterocycles. The van der Waals surface area contributed by atoms with Gasteiger partial charge in [-0.15, -0.1) is 0 Å². The van der Waals surface area contributed by atoms with E-state index >= 15 is 0 Å². The van der Waals surface area contributed by atoms with Crippen molar-refractivity contribution in [3.63, 3.8) is 0 Å². The maximum absolute atomic E-state index is 12.1. The summed E-state index contributed by atoms with van der Waals surface area (Å²) in [5, 5.41) is 43.4. The molecule has 0 aliphatic carbocycles. The van der Waals surface area contributed by atoms with Crippen LogP contribution in [0.4, 0.5) is 5.82 Å². The molecule has 0 unspecified atom stereocenters. The predicted octanol–water partition coefficient (Wildman–Crippen LogP) is -3.25. The number of anilines is 1. The standard InChI is InChI=1S/C15H23N7O6/c16-6(1-10(25)26)14(27)21-7-2-8(24)15(28-9(7)3-23)22-13-11-12(18-4-17-11)19-5-20-13/h4-10,15,23-26H,1-3,16H2,(H,21,27)(H2,17,18,19,20,22)/t6-,7+,8-,9-,15-/m0/s1. The van der Waals surface area contributed by atoms with Crippen LogP contribution in [0.2, 0.25) is 0 Å². The molecule has 0 spiro atoms. The van der Waals surface area contributed by atoms with Crippen molar-refractivity contribution in [1.29, 1.82) is 0 Å². The highest BCUT2D eigenvalue weighted by molar-refractivity contribution is 5.82. The number of carbonyl (C=O) groups excluding carboxylic acids is 1. The van der Waals surface area contributed by atoms with Crippen LogP contribution in [0.15, 0.2) is 12.7 Å². The lowest BCUT2D eigenvalue weighted by Gasteiger charge is -2.39. The average molecular weight is 397 g/mol. The average Bonchev–Trinajstić information content (AvgIpc) is 3.13. The number of nitrogens with two attached hydrogens (primary N) is 1. The fourth-order valence-corrected chi connectivity index (χ4v) is 2.99. The van der Waals surface area contributed by atoms with Crippen LogP contribution in [0.1, 0.15) is 12.8 Å². The SMILES string of the molecule is N[C@@H](CC(O)O)C(=O)N[C@@H]1C[C@H](O)[C@@H](Nc2ncnc3nc[nH]c23)O[C@H]1CO. The minimum Gasteiger partial charge on any atom is -0.394 e. The van der Waals surface area contributed by atoms with Gasteiger partial charge in [-0.2, -0.15) is 0 Å². The number of nitrogens with one attached hydrogen (secondary N) is 3. The van der Waals surface area contributed by atoms with Crippen LogP contribution in [0.5, 0.6) is 0 Å². The molecule has 13 nitrogen and oxygen atoms in total. The summed E-state index contributed by atoms with van der Waals surface area (Å²) in [4.78, 5) is 27.1. The Kier molecular flexibility index (Phi) is 6.33. The molecule has 2 aromatic rings. The number of aromatic nitrogens is 4. The van der Waals surface area contributed by atoms with E-state index in [-0.39, 0.29) is 12.8 Å². The summed E-state index contributed by atoms with van der Waals surface area (Å²) in [6.45, 7) is -0.420. The summed E-state index contributed by atoms with van der Waals surface area (Å²) < 4.78 is 5.69. The summed E-state index contributed by atoms with van der Waals surface area (Å²) in [6.07, 6.45) is -2.00. The van der Waals surface area contributed by atoms with Crippen molar-refractivity contribution in [2.24, 2.45) is 5.73 Å². The molecular formula is C15H23N7O6. The Labute approximate surface area is 159 Å². The Bertz CT molecular complexity index is 802. The minimum absolute atomic E-state index is 0.0697. The highest BCUT2D eigenvalue weighted by Crippen LogP contribution is 2.24. The van der Waals surface area contributed by atoms with Gasteiger partial charge in [0.25, 0.3) is 0 Å². The van der Waals surface area contributed by atoms with E-state index in [9.17, 15) is 15.0 Å². The molecule has 0 saturated carbocycles. The second-order valence-electron chi connectivity index (χ2n) is 6.49. The van der Waals surface area contributed by atoms with Crippen molar-refractivity contribution in [3.8, 4) is 0 Å². The number of carbonyl (C=O) groups is 1. The van der Waals surface area contributed by atoms with Crippen LogP contribution in [-0.2, 0) is 9.53 Å². The molecule has 3 rings (SSSR count). The highest BCUT2D eigenvalue weighted by Gasteiger charge is 2.38. The molecule has 28 heavy (non-hydrogen) atoms. The van der Waals surface area contributed by atoms with E-state index in [0.29, 0.717) is 17.0 Å². The number of aliphatic hydroxyl groups is 4. The number of fused-ring (bicyclic) bond motifs is 1. The summed E-state index contributed by atoms with van der Waals surface area (Å²) in [7, 11) is 0. The number of H-pyrrole nitrogens is 1. The molecule has 1 fully saturated rings. The molecule has 3 heterocycles. The number of rotatable bonds is 7. The largest absolute Gasteiger partial charge is 0.394 e. The molecule has 1 aliphatic heterocycles.